The third kappa shape index (κ3) is 6.50. The number of amides is 1. The molecular weight excluding hydrogens is 488 g/mol. The molecular formula is C23H22F4N4O5. The molecule has 2 heterocycles. The Labute approximate surface area is 202 Å². The number of nitrogens with one attached hydrogen (secondary N) is 2. The zero-order valence-electron chi connectivity index (χ0n) is 18.9. The number of carboxylic acid groups (broad SMARTS) is 1. The van der Waals surface area contributed by atoms with E-state index in [9.17, 15) is 27.5 Å². The van der Waals surface area contributed by atoms with Gasteiger partial charge in [-0.05, 0) is 24.3 Å². The Morgan fingerprint density at radius 2 is 1.72 bits per heavy atom. The van der Waals surface area contributed by atoms with Crippen LogP contribution in [0.5, 0.6) is 5.75 Å². The summed E-state index contributed by atoms with van der Waals surface area (Å²) >= 11 is 0. The molecule has 4 N–H and O–H groups in total. The Balaban J connectivity index is 0.000000454. The lowest BCUT2D eigenvalue weighted by Gasteiger charge is -2.26. The number of alkyl halides is 3. The van der Waals surface area contributed by atoms with E-state index < -0.39 is 18.0 Å². The van der Waals surface area contributed by atoms with Gasteiger partial charge in [-0.25, -0.2) is 9.18 Å². The number of hydrogen-bond donors (Lipinski definition) is 4. The predicted molar refractivity (Wildman–Crippen MR) is 122 cm³/mol. The molecule has 9 nitrogen and oxygen atoms in total. The number of phenols is 1. The highest BCUT2D eigenvalue weighted by Gasteiger charge is 2.38. The average molecular weight is 510 g/mol. The van der Waals surface area contributed by atoms with Crippen molar-refractivity contribution < 1.29 is 41.9 Å². The Morgan fingerprint density at radius 1 is 1.08 bits per heavy atom. The maximum atomic E-state index is 14.6. The fourth-order valence-electron chi connectivity index (χ4n) is 3.41. The van der Waals surface area contributed by atoms with Crippen molar-refractivity contribution in [2.45, 2.75) is 13.1 Å². The number of carboxylic acids is 1. The first-order valence-electron chi connectivity index (χ1n) is 10.6. The SMILES string of the molecule is CC(=O)Nc1ccc(-c2cccc(-c3cc(N4CCNCC4)no3)c2O)c(F)c1.O=C(O)C(F)(F)F. The van der Waals surface area contributed by atoms with E-state index >= 15 is 0 Å². The molecule has 1 saturated heterocycles. The number of benzene rings is 2. The van der Waals surface area contributed by atoms with Crippen molar-refractivity contribution in [3.63, 3.8) is 0 Å². The number of phenolic OH excluding ortho intramolecular Hbond substituents is 1. The maximum absolute atomic E-state index is 14.6. The normalized spacial score (nSPS) is 13.5. The number of anilines is 2. The van der Waals surface area contributed by atoms with Crippen molar-refractivity contribution in [1.82, 2.24) is 10.5 Å². The van der Waals surface area contributed by atoms with Gasteiger partial charge in [-0.15, -0.1) is 0 Å². The van der Waals surface area contributed by atoms with Gasteiger partial charge in [0.1, 0.15) is 11.6 Å². The van der Waals surface area contributed by atoms with Gasteiger partial charge in [0.2, 0.25) is 5.91 Å². The lowest BCUT2D eigenvalue weighted by molar-refractivity contribution is -0.192. The summed E-state index contributed by atoms with van der Waals surface area (Å²) < 4.78 is 51.8. The minimum atomic E-state index is -5.08. The van der Waals surface area contributed by atoms with E-state index in [-0.39, 0.29) is 17.2 Å². The molecule has 1 aliphatic heterocycles. The minimum absolute atomic E-state index is 0.0957. The van der Waals surface area contributed by atoms with E-state index in [1.54, 1.807) is 30.3 Å². The van der Waals surface area contributed by atoms with Crippen LogP contribution in [-0.4, -0.2) is 59.6 Å². The molecule has 0 aliphatic carbocycles. The number of aromatic hydroxyl groups is 1. The molecule has 2 aromatic carbocycles. The summed E-state index contributed by atoms with van der Waals surface area (Å²) in [6.07, 6.45) is -5.08. The summed E-state index contributed by atoms with van der Waals surface area (Å²) in [6.45, 7) is 4.74. The highest BCUT2D eigenvalue weighted by molar-refractivity contribution is 5.89. The smallest absolute Gasteiger partial charge is 0.490 e. The lowest BCUT2D eigenvalue weighted by Crippen LogP contribution is -2.43. The molecule has 13 heteroatoms. The monoisotopic (exact) mass is 510 g/mol. The van der Waals surface area contributed by atoms with E-state index in [1.165, 1.54) is 19.1 Å². The van der Waals surface area contributed by atoms with Gasteiger partial charge in [0, 0.05) is 56.0 Å². The lowest BCUT2D eigenvalue weighted by atomic mass is 9.99. The van der Waals surface area contributed by atoms with Crippen molar-refractivity contribution in [2.24, 2.45) is 0 Å². The standard InChI is InChI=1S/C21H21FN4O3.C2HF3O2/c1-13(27)24-14-5-6-15(18(22)11-14)16-3-2-4-17(21(16)28)19-12-20(25-29-19)26-9-7-23-8-10-26;3-2(4,5)1(6)7/h2-6,11-12,23,28H,7-10H2,1H3,(H,24,27);(H,6,7). The predicted octanol–water partition coefficient (Wildman–Crippen LogP) is 3.85. The van der Waals surface area contributed by atoms with Gasteiger partial charge in [-0.3, -0.25) is 4.79 Å². The molecule has 0 atom stereocenters. The van der Waals surface area contributed by atoms with Crippen LogP contribution < -0.4 is 15.5 Å². The molecule has 1 fully saturated rings. The van der Waals surface area contributed by atoms with Crippen LogP contribution in [0.1, 0.15) is 6.92 Å². The molecule has 1 aromatic heterocycles. The van der Waals surface area contributed by atoms with E-state index in [1.807, 2.05) is 0 Å². The van der Waals surface area contributed by atoms with Crippen molar-refractivity contribution >= 4 is 23.4 Å². The summed E-state index contributed by atoms with van der Waals surface area (Å²) in [5.41, 5.74) is 1.34. The first-order chi connectivity index (χ1) is 17.0. The third-order valence-corrected chi connectivity index (χ3v) is 5.06. The minimum Gasteiger partial charge on any atom is -0.507 e. The van der Waals surface area contributed by atoms with Crippen LogP contribution in [0.3, 0.4) is 0 Å². The largest absolute Gasteiger partial charge is 0.507 e. The third-order valence-electron chi connectivity index (χ3n) is 5.06. The van der Waals surface area contributed by atoms with Crippen molar-refractivity contribution in [3.8, 4) is 28.2 Å². The van der Waals surface area contributed by atoms with Crippen LogP contribution in [0.2, 0.25) is 0 Å². The van der Waals surface area contributed by atoms with E-state index in [4.69, 9.17) is 14.4 Å². The molecule has 36 heavy (non-hydrogen) atoms. The second-order valence-corrected chi connectivity index (χ2v) is 7.67. The number of hydrogen-bond acceptors (Lipinski definition) is 7. The Kier molecular flexibility index (Phi) is 8.14. The fourth-order valence-corrected chi connectivity index (χ4v) is 3.41. The van der Waals surface area contributed by atoms with Gasteiger partial charge in [0.25, 0.3) is 0 Å². The molecule has 3 aromatic rings. The number of aromatic nitrogens is 1. The van der Waals surface area contributed by atoms with Crippen LogP contribution in [-0.2, 0) is 9.59 Å². The van der Waals surface area contributed by atoms with Gasteiger partial charge in [0.05, 0.1) is 5.56 Å². The van der Waals surface area contributed by atoms with Gasteiger partial charge in [-0.1, -0.05) is 17.3 Å². The number of para-hydroxylation sites is 1. The molecule has 0 unspecified atom stereocenters. The number of nitrogens with zero attached hydrogens (tertiary/aromatic N) is 2. The number of piperazine rings is 1. The molecule has 0 spiro atoms. The Bertz CT molecular complexity index is 1240. The topological polar surface area (TPSA) is 128 Å². The zero-order chi connectivity index (χ0) is 26.5. The van der Waals surface area contributed by atoms with E-state index in [0.717, 1.165) is 26.2 Å². The number of carbonyl (C=O) groups excluding carboxylic acids is 1. The second-order valence-electron chi connectivity index (χ2n) is 7.67. The number of halogens is 4. The molecule has 1 aliphatic rings. The summed E-state index contributed by atoms with van der Waals surface area (Å²) in [5.74, 6) is -2.57. The van der Waals surface area contributed by atoms with E-state index in [2.05, 4.69) is 20.7 Å². The van der Waals surface area contributed by atoms with Crippen molar-refractivity contribution in [1.29, 1.82) is 0 Å². The second kappa shape index (κ2) is 11.1. The average Bonchev–Trinajstić information content (AvgIpc) is 3.30. The first-order valence-corrected chi connectivity index (χ1v) is 10.6. The quantitative estimate of drug-likeness (QED) is 0.390. The van der Waals surface area contributed by atoms with Crippen molar-refractivity contribution in [3.05, 3.63) is 48.3 Å². The summed E-state index contributed by atoms with van der Waals surface area (Å²) in [5, 5.41) is 27.9. The molecule has 0 bridgehead atoms. The van der Waals surface area contributed by atoms with Crippen LogP contribution in [0.15, 0.2) is 47.0 Å². The fraction of sp³-hybridized carbons (Fsp3) is 0.261. The molecule has 0 saturated carbocycles. The zero-order valence-corrected chi connectivity index (χ0v) is 18.9. The van der Waals surface area contributed by atoms with Gasteiger partial charge in [-0.2, -0.15) is 13.2 Å². The summed E-state index contributed by atoms with van der Waals surface area (Å²) in [6, 6.07) is 11.2. The Hall–Kier alpha value is -4.13. The van der Waals surface area contributed by atoms with Gasteiger partial charge in [0.15, 0.2) is 11.6 Å². The number of carbonyl (C=O) groups is 2. The number of rotatable bonds is 4. The van der Waals surface area contributed by atoms with Gasteiger partial charge >= 0.3 is 12.1 Å². The first kappa shape index (κ1) is 26.5. The van der Waals surface area contributed by atoms with Crippen LogP contribution >= 0.6 is 0 Å². The van der Waals surface area contributed by atoms with Crippen LogP contribution in [0, 0.1) is 5.82 Å². The molecule has 1 amide bonds. The van der Waals surface area contributed by atoms with Crippen LogP contribution in [0.25, 0.3) is 22.5 Å². The molecule has 0 radical (unpaired) electrons. The van der Waals surface area contributed by atoms with Crippen LogP contribution in [0.4, 0.5) is 29.1 Å². The van der Waals surface area contributed by atoms with E-state index in [0.29, 0.717) is 28.4 Å². The molecule has 4 rings (SSSR count). The molecule has 192 valence electrons. The summed E-state index contributed by atoms with van der Waals surface area (Å²) in [4.78, 5) is 22.2. The highest BCUT2D eigenvalue weighted by atomic mass is 19.4. The summed E-state index contributed by atoms with van der Waals surface area (Å²) in [7, 11) is 0. The number of aliphatic carboxylic acids is 1. The highest BCUT2D eigenvalue weighted by Crippen LogP contribution is 2.40. The maximum Gasteiger partial charge on any atom is 0.490 e. The van der Waals surface area contributed by atoms with Gasteiger partial charge < -0.3 is 30.3 Å². The Morgan fingerprint density at radius 3 is 2.31 bits per heavy atom. The van der Waals surface area contributed by atoms with Crippen molar-refractivity contribution in [2.75, 3.05) is 36.4 Å².